The second-order valence-corrected chi connectivity index (χ2v) is 15.8. The highest BCUT2D eigenvalue weighted by molar-refractivity contribution is 7.27. The first kappa shape index (κ1) is 32.8. The first-order chi connectivity index (χ1) is 28.8. The SMILES string of the molecule is c1ccc(-c2ccc(N(c3ccc(-n4c5ccccc5c5ccccc54)cc3)c3cccc4c3sc3c(-c5ccccc5)cccc34)c3c2oc2ccccc23)cc1. The minimum Gasteiger partial charge on any atom is -0.455 e. The van der Waals surface area contributed by atoms with Crippen LogP contribution in [0.1, 0.15) is 0 Å². The number of thiophene rings is 1. The molecule has 58 heavy (non-hydrogen) atoms. The number of nitrogens with zero attached hydrogens (tertiary/aromatic N) is 2. The molecule has 12 aromatic rings. The Kier molecular flexibility index (Phi) is 7.40. The van der Waals surface area contributed by atoms with Crippen LogP contribution in [0.2, 0.25) is 0 Å². The van der Waals surface area contributed by atoms with Crippen LogP contribution in [0, 0.1) is 0 Å². The van der Waals surface area contributed by atoms with Gasteiger partial charge in [-0.1, -0.05) is 146 Å². The molecular weight excluding hydrogens is 725 g/mol. The normalized spacial score (nSPS) is 11.8. The summed E-state index contributed by atoms with van der Waals surface area (Å²) in [4.78, 5) is 2.45. The molecule has 272 valence electrons. The van der Waals surface area contributed by atoms with Crippen LogP contribution in [0.5, 0.6) is 0 Å². The fraction of sp³-hybridized carbons (Fsp3) is 0. The van der Waals surface area contributed by atoms with Crippen LogP contribution in [-0.2, 0) is 0 Å². The van der Waals surface area contributed by atoms with Crippen molar-refractivity contribution in [3.8, 4) is 27.9 Å². The number of furan rings is 1. The summed E-state index contributed by atoms with van der Waals surface area (Å²) >= 11 is 1.87. The van der Waals surface area contributed by atoms with Crippen molar-refractivity contribution >= 4 is 92.3 Å². The van der Waals surface area contributed by atoms with Crippen LogP contribution in [0.3, 0.4) is 0 Å². The summed E-state index contributed by atoms with van der Waals surface area (Å²) in [5.74, 6) is 0. The lowest BCUT2D eigenvalue weighted by molar-refractivity contribution is 0.670. The Morgan fingerprint density at radius 1 is 0.397 bits per heavy atom. The minimum atomic E-state index is 0.872. The van der Waals surface area contributed by atoms with Gasteiger partial charge in [0.2, 0.25) is 0 Å². The van der Waals surface area contributed by atoms with Crippen LogP contribution in [0.15, 0.2) is 211 Å². The summed E-state index contributed by atoms with van der Waals surface area (Å²) in [7, 11) is 0. The average Bonchev–Trinajstić information content (AvgIpc) is 3.98. The van der Waals surface area contributed by atoms with Gasteiger partial charge >= 0.3 is 0 Å². The van der Waals surface area contributed by atoms with Gasteiger partial charge in [-0.25, -0.2) is 0 Å². The molecule has 0 aliphatic rings. The van der Waals surface area contributed by atoms with Crippen LogP contribution >= 0.6 is 11.3 Å². The van der Waals surface area contributed by atoms with Crippen molar-refractivity contribution in [3.63, 3.8) is 0 Å². The first-order valence-corrected chi connectivity index (χ1v) is 20.5. The number of benzene rings is 9. The van der Waals surface area contributed by atoms with Gasteiger partial charge in [0.1, 0.15) is 11.2 Å². The summed E-state index contributed by atoms with van der Waals surface area (Å²) in [6.45, 7) is 0. The third-order valence-corrected chi connectivity index (χ3v) is 12.9. The zero-order chi connectivity index (χ0) is 38.2. The Morgan fingerprint density at radius 2 is 0.966 bits per heavy atom. The van der Waals surface area contributed by atoms with Crippen LogP contribution in [0.4, 0.5) is 17.1 Å². The highest BCUT2D eigenvalue weighted by Crippen LogP contribution is 2.50. The molecule has 0 amide bonds. The topological polar surface area (TPSA) is 21.3 Å². The molecule has 0 N–H and O–H groups in total. The van der Waals surface area contributed by atoms with Crippen LogP contribution < -0.4 is 4.90 Å². The lowest BCUT2D eigenvalue weighted by Gasteiger charge is -2.27. The molecule has 3 heterocycles. The molecule has 0 saturated heterocycles. The number of hydrogen-bond donors (Lipinski definition) is 0. The molecule has 0 aliphatic carbocycles. The predicted molar refractivity (Wildman–Crippen MR) is 247 cm³/mol. The predicted octanol–water partition coefficient (Wildman–Crippen LogP) is 15.9. The molecule has 0 unspecified atom stereocenters. The van der Waals surface area contributed by atoms with Crippen molar-refractivity contribution in [2.45, 2.75) is 0 Å². The smallest absolute Gasteiger partial charge is 0.145 e. The second-order valence-electron chi connectivity index (χ2n) is 14.8. The van der Waals surface area contributed by atoms with E-state index in [0.717, 1.165) is 55.8 Å². The molecule has 0 radical (unpaired) electrons. The van der Waals surface area contributed by atoms with E-state index in [1.165, 1.54) is 53.1 Å². The van der Waals surface area contributed by atoms with Gasteiger partial charge in [-0.3, -0.25) is 0 Å². The number of hydrogen-bond acceptors (Lipinski definition) is 3. The summed E-state index contributed by atoms with van der Waals surface area (Å²) in [6, 6.07) is 74.2. The molecule has 0 saturated carbocycles. The fourth-order valence-corrected chi connectivity index (χ4v) is 10.4. The molecule has 3 nitrogen and oxygen atoms in total. The molecule has 4 heteroatoms. The Bertz CT molecular complexity index is 3450. The van der Waals surface area contributed by atoms with Crippen LogP contribution in [0.25, 0.3) is 91.9 Å². The van der Waals surface area contributed by atoms with Crippen molar-refractivity contribution in [2.75, 3.05) is 4.90 Å². The summed E-state index contributed by atoms with van der Waals surface area (Å²) in [5, 5.41) is 7.20. The Morgan fingerprint density at radius 3 is 1.67 bits per heavy atom. The van der Waals surface area contributed by atoms with Gasteiger partial charge in [0, 0.05) is 48.6 Å². The van der Waals surface area contributed by atoms with E-state index >= 15 is 0 Å². The lowest BCUT2D eigenvalue weighted by atomic mass is 9.99. The summed E-state index contributed by atoms with van der Waals surface area (Å²) < 4.78 is 11.7. The fourth-order valence-electron chi connectivity index (χ4n) is 9.03. The van der Waals surface area contributed by atoms with Gasteiger partial charge in [-0.2, -0.15) is 0 Å². The van der Waals surface area contributed by atoms with Gasteiger partial charge in [-0.05, 0) is 77.4 Å². The van der Waals surface area contributed by atoms with E-state index < -0.39 is 0 Å². The summed E-state index contributed by atoms with van der Waals surface area (Å²) in [6.07, 6.45) is 0. The monoisotopic (exact) mass is 758 g/mol. The maximum atomic E-state index is 6.82. The average molecular weight is 759 g/mol. The zero-order valence-electron chi connectivity index (χ0n) is 31.3. The molecule has 0 spiro atoms. The molecular formula is C54H34N2OS. The van der Waals surface area contributed by atoms with Gasteiger partial charge in [0.05, 0.1) is 32.5 Å². The number of aromatic nitrogens is 1. The van der Waals surface area contributed by atoms with Gasteiger partial charge < -0.3 is 13.9 Å². The Labute approximate surface area is 338 Å². The molecule has 12 rings (SSSR count). The molecule has 0 fully saturated rings. The Balaban J connectivity index is 1.13. The molecule has 9 aromatic carbocycles. The van der Waals surface area contributed by atoms with Crippen molar-refractivity contribution in [1.82, 2.24) is 4.57 Å². The third kappa shape index (κ3) is 4.99. The minimum absolute atomic E-state index is 0.872. The van der Waals surface area contributed by atoms with E-state index in [0.29, 0.717) is 0 Å². The number of para-hydroxylation sites is 3. The van der Waals surface area contributed by atoms with Crippen molar-refractivity contribution in [2.24, 2.45) is 0 Å². The molecule has 3 aromatic heterocycles. The van der Waals surface area contributed by atoms with Gasteiger partial charge in [0.15, 0.2) is 0 Å². The maximum Gasteiger partial charge on any atom is 0.145 e. The van der Waals surface area contributed by atoms with Crippen molar-refractivity contribution in [1.29, 1.82) is 0 Å². The molecule has 0 aliphatic heterocycles. The largest absolute Gasteiger partial charge is 0.455 e. The quantitative estimate of drug-likeness (QED) is 0.168. The van der Waals surface area contributed by atoms with Crippen LogP contribution in [-0.4, -0.2) is 4.57 Å². The number of rotatable bonds is 6. The standard InChI is InChI=1S/C54H34N2OS/c1-3-15-35(16-4-1)39-33-34-48(51-45-21-9-12-28-50(45)57-52(39)51)56(38-31-29-37(30-32-38)55-46-25-10-7-19-41(46)42-20-8-11-26-47(42)55)49-27-14-24-44-43-23-13-22-40(53(43)58-54(44)49)36-17-5-2-6-18-36/h1-34H. The molecule has 0 bridgehead atoms. The highest BCUT2D eigenvalue weighted by Gasteiger charge is 2.25. The lowest BCUT2D eigenvalue weighted by Crippen LogP contribution is -2.11. The number of fused-ring (bicyclic) bond motifs is 9. The zero-order valence-corrected chi connectivity index (χ0v) is 32.2. The van der Waals surface area contributed by atoms with E-state index in [9.17, 15) is 0 Å². The van der Waals surface area contributed by atoms with Crippen molar-refractivity contribution < 1.29 is 4.42 Å². The first-order valence-electron chi connectivity index (χ1n) is 19.7. The third-order valence-electron chi connectivity index (χ3n) is 11.6. The maximum absolute atomic E-state index is 6.82. The van der Waals surface area contributed by atoms with E-state index in [4.69, 9.17) is 4.42 Å². The van der Waals surface area contributed by atoms with Gasteiger partial charge in [0.25, 0.3) is 0 Å². The highest BCUT2D eigenvalue weighted by atomic mass is 32.1. The van der Waals surface area contributed by atoms with E-state index in [1.807, 2.05) is 11.3 Å². The van der Waals surface area contributed by atoms with E-state index in [2.05, 4.69) is 216 Å². The summed E-state index contributed by atoms with van der Waals surface area (Å²) in [5.41, 5.74) is 13.2. The van der Waals surface area contributed by atoms with Crippen molar-refractivity contribution in [3.05, 3.63) is 206 Å². The Hall–Kier alpha value is -7.40. The van der Waals surface area contributed by atoms with Gasteiger partial charge in [-0.15, -0.1) is 11.3 Å². The van der Waals surface area contributed by atoms with E-state index in [1.54, 1.807) is 0 Å². The molecule has 0 atom stereocenters. The van der Waals surface area contributed by atoms with E-state index in [-0.39, 0.29) is 0 Å². The second kappa shape index (κ2) is 13.1. The number of anilines is 3.